The second kappa shape index (κ2) is 8.70. The maximum absolute atomic E-state index is 12.2. The van der Waals surface area contributed by atoms with E-state index < -0.39 is 0 Å². The number of hydrogen-bond donors (Lipinski definition) is 3. The first kappa shape index (κ1) is 18.2. The van der Waals surface area contributed by atoms with Crippen LogP contribution < -0.4 is 16.0 Å². The molecular formula is C22H30N4O. The molecule has 2 heterocycles. The lowest BCUT2D eigenvalue weighted by atomic mass is 9.92. The zero-order valence-corrected chi connectivity index (χ0v) is 16.0. The summed E-state index contributed by atoms with van der Waals surface area (Å²) in [7, 11) is 0. The third kappa shape index (κ3) is 4.24. The highest BCUT2D eigenvalue weighted by Gasteiger charge is 2.20. The van der Waals surface area contributed by atoms with Gasteiger partial charge in [0.15, 0.2) is 0 Å². The standard InChI is InChI=1S/C22H30N4O/c27-22(16-7-5-12-23-15-16)25-14-6-13-24-21-17-8-1-3-10-19(17)26-20-11-4-2-9-18(20)21/h1,3,8,10,16,23H,2,4-7,9,11-15H2,(H,24,26)(H,25,27)/t16-/m1/s1. The molecule has 5 nitrogen and oxygen atoms in total. The molecule has 1 atom stereocenters. The van der Waals surface area contributed by atoms with E-state index >= 15 is 0 Å². The molecule has 1 aromatic carbocycles. The first-order valence-electron chi connectivity index (χ1n) is 10.5. The van der Waals surface area contributed by atoms with Crippen LogP contribution in [0.4, 0.5) is 5.69 Å². The number of nitrogens with one attached hydrogen (secondary N) is 3. The minimum absolute atomic E-state index is 0.142. The number of hydrogen-bond acceptors (Lipinski definition) is 4. The number of rotatable bonds is 6. The number of nitrogens with zero attached hydrogens (tertiary/aromatic N) is 1. The Morgan fingerprint density at radius 2 is 2.04 bits per heavy atom. The van der Waals surface area contributed by atoms with Crippen molar-refractivity contribution in [1.82, 2.24) is 15.6 Å². The van der Waals surface area contributed by atoms with Crippen LogP contribution in [0, 0.1) is 5.92 Å². The summed E-state index contributed by atoms with van der Waals surface area (Å²) in [5.41, 5.74) is 5.01. The van der Waals surface area contributed by atoms with Crippen molar-refractivity contribution in [3.63, 3.8) is 0 Å². The van der Waals surface area contributed by atoms with Crippen molar-refractivity contribution in [1.29, 1.82) is 0 Å². The lowest BCUT2D eigenvalue weighted by Crippen LogP contribution is -2.41. The van der Waals surface area contributed by atoms with Gasteiger partial charge in [0.25, 0.3) is 0 Å². The number of aromatic nitrogens is 1. The average molecular weight is 367 g/mol. The van der Waals surface area contributed by atoms with Gasteiger partial charge >= 0.3 is 0 Å². The first-order chi connectivity index (χ1) is 13.3. The van der Waals surface area contributed by atoms with Gasteiger partial charge in [-0.1, -0.05) is 18.2 Å². The summed E-state index contributed by atoms with van der Waals surface area (Å²) < 4.78 is 0. The molecule has 1 amide bonds. The lowest BCUT2D eigenvalue weighted by Gasteiger charge is -2.22. The average Bonchev–Trinajstić information content (AvgIpc) is 2.73. The second-order valence-electron chi connectivity index (χ2n) is 7.75. The number of pyridine rings is 1. The van der Waals surface area contributed by atoms with E-state index in [1.165, 1.54) is 35.2 Å². The third-order valence-electron chi connectivity index (χ3n) is 5.79. The molecule has 5 heteroatoms. The highest BCUT2D eigenvalue weighted by atomic mass is 16.1. The van der Waals surface area contributed by atoms with E-state index in [4.69, 9.17) is 4.98 Å². The number of benzene rings is 1. The summed E-state index contributed by atoms with van der Waals surface area (Å²) >= 11 is 0. The topological polar surface area (TPSA) is 66.0 Å². The SMILES string of the molecule is O=C(NCCCNc1c2c(nc3ccccc13)CCCC2)[C@@H]1CCCNC1. The number of anilines is 1. The van der Waals surface area contributed by atoms with E-state index in [9.17, 15) is 4.79 Å². The van der Waals surface area contributed by atoms with Gasteiger partial charge in [0.05, 0.1) is 11.4 Å². The number of carbonyl (C=O) groups excluding carboxylic acids is 1. The monoisotopic (exact) mass is 366 g/mol. The zero-order valence-electron chi connectivity index (χ0n) is 16.0. The van der Waals surface area contributed by atoms with Crippen molar-refractivity contribution < 1.29 is 4.79 Å². The molecule has 27 heavy (non-hydrogen) atoms. The van der Waals surface area contributed by atoms with Gasteiger partial charge in [-0.05, 0) is 63.1 Å². The molecule has 0 radical (unpaired) electrons. The Bertz CT molecular complexity index is 798. The van der Waals surface area contributed by atoms with Crippen molar-refractivity contribution in [3.05, 3.63) is 35.5 Å². The van der Waals surface area contributed by atoms with Gasteiger partial charge in [0.1, 0.15) is 0 Å². The van der Waals surface area contributed by atoms with Gasteiger partial charge < -0.3 is 16.0 Å². The fourth-order valence-corrected chi connectivity index (χ4v) is 4.31. The summed E-state index contributed by atoms with van der Waals surface area (Å²) in [5, 5.41) is 11.3. The van der Waals surface area contributed by atoms with Crippen LogP contribution in [0.3, 0.4) is 0 Å². The van der Waals surface area contributed by atoms with Crippen LogP contribution in [-0.4, -0.2) is 37.1 Å². The fourth-order valence-electron chi connectivity index (χ4n) is 4.31. The van der Waals surface area contributed by atoms with Crippen LogP contribution in [-0.2, 0) is 17.6 Å². The molecule has 4 rings (SSSR count). The molecule has 1 fully saturated rings. The van der Waals surface area contributed by atoms with Crippen LogP contribution in [0.25, 0.3) is 10.9 Å². The Kier molecular flexibility index (Phi) is 5.87. The predicted molar refractivity (Wildman–Crippen MR) is 110 cm³/mol. The smallest absolute Gasteiger partial charge is 0.224 e. The van der Waals surface area contributed by atoms with Crippen LogP contribution in [0.15, 0.2) is 24.3 Å². The van der Waals surface area contributed by atoms with E-state index in [2.05, 4.69) is 40.2 Å². The highest BCUT2D eigenvalue weighted by Crippen LogP contribution is 2.33. The molecule has 3 N–H and O–H groups in total. The van der Waals surface area contributed by atoms with Crippen LogP contribution >= 0.6 is 0 Å². The van der Waals surface area contributed by atoms with Crippen molar-refractivity contribution in [3.8, 4) is 0 Å². The van der Waals surface area contributed by atoms with Crippen molar-refractivity contribution in [2.24, 2.45) is 5.92 Å². The quantitative estimate of drug-likeness (QED) is 0.688. The lowest BCUT2D eigenvalue weighted by molar-refractivity contribution is -0.125. The van der Waals surface area contributed by atoms with E-state index in [1.807, 2.05) is 0 Å². The molecule has 2 aromatic rings. The Morgan fingerprint density at radius 3 is 2.93 bits per heavy atom. The van der Waals surface area contributed by atoms with E-state index in [0.717, 1.165) is 63.8 Å². The minimum atomic E-state index is 0.142. The molecule has 0 bridgehead atoms. The molecule has 1 aliphatic heterocycles. The number of amides is 1. The normalized spacial score (nSPS) is 19.5. The molecule has 0 saturated carbocycles. The van der Waals surface area contributed by atoms with Gasteiger partial charge in [-0.15, -0.1) is 0 Å². The Hall–Kier alpha value is -2.14. The number of para-hydroxylation sites is 1. The summed E-state index contributed by atoms with van der Waals surface area (Å²) in [4.78, 5) is 17.1. The Balaban J connectivity index is 1.35. The van der Waals surface area contributed by atoms with Gasteiger partial charge in [-0.2, -0.15) is 0 Å². The summed E-state index contributed by atoms with van der Waals surface area (Å²) in [5.74, 6) is 0.344. The molecular weight excluding hydrogens is 336 g/mol. The van der Waals surface area contributed by atoms with E-state index in [-0.39, 0.29) is 11.8 Å². The molecule has 1 aliphatic carbocycles. The molecule has 1 aromatic heterocycles. The number of piperidine rings is 1. The minimum Gasteiger partial charge on any atom is -0.384 e. The van der Waals surface area contributed by atoms with E-state index in [1.54, 1.807) is 0 Å². The zero-order chi connectivity index (χ0) is 18.5. The highest BCUT2D eigenvalue weighted by molar-refractivity contribution is 5.93. The van der Waals surface area contributed by atoms with Gasteiger partial charge in [-0.25, -0.2) is 0 Å². The van der Waals surface area contributed by atoms with Crippen molar-refractivity contribution >= 4 is 22.5 Å². The van der Waals surface area contributed by atoms with Gasteiger partial charge in [-0.3, -0.25) is 9.78 Å². The summed E-state index contributed by atoms with van der Waals surface area (Å²) in [6.07, 6.45) is 7.71. The maximum atomic E-state index is 12.2. The third-order valence-corrected chi connectivity index (χ3v) is 5.79. The molecule has 0 unspecified atom stereocenters. The first-order valence-corrected chi connectivity index (χ1v) is 10.5. The van der Waals surface area contributed by atoms with Crippen LogP contribution in [0.5, 0.6) is 0 Å². The number of fused-ring (bicyclic) bond motifs is 2. The molecule has 1 saturated heterocycles. The second-order valence-corrected chi connectivity index (χ2v) is 7.75. The molecule has 144 valence electrons. The van der Waals surface area contributed by atoms with Gasteiger partial charge in [0.2, 0.25) is 5.91 Å². The number of aryl methyl sites for hydroxylation is 1. The summed E-state index contributed by atoms with van der Waals surface area (Å²) in [6.45, 7) is 3.45. The fraction of sp³-hybridized carbons (Fsp3) is 0.545. The Morgan fingerprint density at radius 1 is 1.15 bits per heavy atom. The number of carbonyl (C=O) groups is 1. The van der Waals surface area contributed by atoms with Crippen LogP contribution in [0.1, 0.15) is 43.4 Å². The molecule has 0 spiro atoms. The predicted octanol–water partition coefficient (Wildman–Crippen LogP) is 3.03. The van der Waals surface area contributed by atoms with Crippen molar-refractivity contribution in [2.45, 2.75) is 44.9 Å². The maximum Gasteiger partial charge on any atom is 0.224 e. The van der Waals surface area contributed by atoms with Crippen molar-refractivity contribution in [2.75, 3.05) is 31.5 Å². The van der Waals surface area contributed by atoms with Crippen LogP contribution in [0.2, 0.25) is 0 Å². The molecule has 2 aliphatic rings. The van der Waals surface area contributed by atoms with Gasteiger partial charge in [0, 0.05) is 36.4 Å². The Labute approximate surface area is 161 Å². The largest absolute Gasteiger partial charge is 0.384 e. The van der Waals surface area contributed by atoms with E-state index in [0.29, 0.717) is 0 Å². The summed E-state index contributed by atoms with van der Waals surface area (Å²) in [6, 6.07) is 8.41.